The van der Waals surface area contributed by atoms with Crippen LogP contribution in [0.25, 0.3) is 0 Å². The molecular formula is C20H22ClN2O5+. The zero-order chi connectivity index (χ0) is 20.7. The molecule has 0 aliphatic heterocycles. The molecule has 1 atom stereocenters. The number of hydrogen-bond donors (Lipinski definition) is 2. The highest BCUT2D eigenvalue weighted by Gasteiger charge is 2.18. The molecule has 0 spiro atoms. The lowest BCUT2D eigenvalue weighted by atomic mass is 10.1. The van der Waals surface area contributed by atoms with E-state index in [1.807, 2.05) is 24.4 Å². The number of anilines is 1. The molecule has 1 amide bonds. The van der Waals surface area contributed by atoms with E-state index < -0.39 is 11.9 Å². The average molecular weight is 406 g/mol. The molecule has 2 rings (SSSR count). The van der Waals surface area contributed by atoms with E-state index in [0.717, 1.165) is 5.56 Å². The summed E-state index contributed by atoms with van der Waals surface area (Å²) < 4.78 is 9.40. The van der Waals surface area contributed by atoms with Crippen molar-refractivity contribution >= 4 is 35.1 Å². The lowest BCUT2D eigenvalue weighted by Gasteiger charge is -2.13. The van der Waals surface area contributed by atoms with E-state index in [1.54, 1.807) is 12.1 Å². The van der Waals surface area contributed by atoms with Crippen LogP contribution in [0.1, 0.15) is 39.2 Å². The monoisotopic (exact) mass is 405 g/mol. The van der Waals surface area contributed by atoms with Gasteiger partial charge in [-0.2, -0.15) is 0 Å². The van der Waals surface area contributed by atoms with Gasteiger partial charge in [0.25, 0.3) is 5.91 Å². The number of nitrogens with one attached hydrogen (secondary N) is 1. The number of amides is 1. The second-order valence-corrected chi connectivity index (χ2v) is 6.51. The summed E-state index contributed by atoms with van der Waals surface area (Å²) in [7, 11) is 2.49. The number of rotatable bonds is 7. The van der Waals surface area contributed by atoms with E-state index in [-0.39, 0.29) is 35.3 Å². The average Bonchev–Trinajstić information content (AvgIpc) is 2.71. The molecule has 28 heavy (non-hydrogen) atoms. The van der Waals surface area contributed by atoms with Crippen LogP contribution in [0, 0.1) is 0 Å². The van der Waals surface area contributed by atoms with E-state index in [4.69, 9.17) is 16.3 Å². The molecule has 2 aromatic rings. The third kappa shape index (κ3) is 5.55. The summed E-state index contributed by atoms with van der Waals surface area (Å²) in [6, 6.07) is 11.6. The van der Waals surface area contributed by atoms with E-state index in [0.29, 0.717) is 5.02 Å². The van der Waals surface area contributed by atoms with Gasteiger partial charge in [0.2, 0.25) is 0 Å². The summed E-state index contributed by atoms with van der Waals surface area (Å²) in [6.45, 7) is 2.08. The van der Waals surface area contributed by atoms with Gasteiger partial charge in [0.05, 0.1) is 31.0 Å². The van der Waals surface area contributed by atoms with E-state index in [9.17, 15) is 14.4 Å². The maximum absolute atomic E-state index is 12.4. The predicted molar refractivity (Wildman–Crippen MR) is 104 cm³/mol. The van der Waals surface area contributed by atoms with Gasteiger partial charge in [-0.05, 0) is 37.3 Å². The molecular weight excluding hydrogens is 384 g/mol. The third-order valence-electron chi connectivity index (χ3n) is 4.17. The predicted octanol–water partition coefficient (Wildman–Crippen LogP) is 2.18. The minimum atomic E-state index is -0.620. The molecule has 0 aromatic heterocycles. The number of carbonyl (C=O) groups excluding carboxylic acids is 3. The van der Waals surface area contributed by atoms with Gasteiger partial charge in [-0.1, -0.05) is 23.7 Å². The largest absolute Gasteiger partial charge is 0.465 e. The fraction of sp³-hybridized carbons (Fsp3) is 0.250. The van der Waals surface area contributed by atoms with Crippen molar-refractivity contribution in [2.24, 2.45) is 0 Å². The first-order valence-electron chi connectivity index (χ1n) is 8.55. The van der Waals surface area contributed by atoms with Gasteiger partial charge >= 0.3 is 11.9 Å². The van der Waals surface area contributed by atoms with Crippen LogP contribution in [-0.4, -0.2) is 38.6 Å². The molecule has 8 heteroatoms. The van der Waals surface area contributed by atoms with Crippen LogP contribution in [0.5, 0.6) is 0 Å². The summed E-state index contributed by atoms with van der Waals surface area (Å²) in [5.74, 6) is -1.52. The van der Waals surface area contributed by atoms with Crippen molar-refractivity contribution in [2.45, 2.75) is 13.0 Å². The first-order valence-corrected chi connectivity index (χ1v) is 8.92. The highest BCUT2D eigenvalue weighted by atomic mass is 35.5. The standard InChI is InChI=1S/C20H21ClN2O5/c1-12(13-4-7-15(21)8-5-13)22-11-18(24)23-17-10-14(19(25)27-2)6-9-16(17)20(26)28-3/h4-10,12,22H,11H2,1-3H3,(H,23,24)/p+1/t12-/m1/s1. The Morgan fingerprint density at radius 1 is 1.04 bits per heavy atom. The summed E-state index contributed by atoms with van der Waals surface area (Å²) in [6.07, 6.45) is 0. The van der Waals surface area contributed by atoms with Crippen LogP contribution in [-0.2, 0) is 14.3 Å². The van der Waals surface area contributed by atoms with Gasteiger partial charge in [-0.15, -0.1) is 0 Å². The topological polar surface area (TPSA) is 98.3 Å². The molecule has 3 N–H and O–H groups in total. The van der Waals surface area contributed by atoms with Crippen molar-refractivity contribution < 1.29 is 29.2 Å². The zero-order valence-corrected chi connectivity index (χ0v) is 16.6. The molecule has 0 unspecified atom stereocenters. The first kappa shape index (κ1) is 21.4. The number of nitrogens with two attached hydrogens (primary N) is 1. The normalized spacial score (nSPS) is 11.4. The Labute approximate surface area is 168 Å². The highest BCUT2D eigenvalue weighted by Crippen LogP contribution is 2.20. The Morgan fingerprint density at radius 2 is 1.68 bits per heavy atom. The number of ether oxygens (including phenoxy) is 2. The van der Waals surface area contributed by atoms with Crippen LogP contribution in [0.15, 0.2) is 42.5 Å². The molecule has 0 radical (unpaired) electrons. The maximum Gasteiger partial charge on any atom is 0.339 e. The fourth-order valence-electron chi connectivity index (χ4n) is 2.57. The van der Waals surface area contributed by atoms with Gasteiger partial charge in [-0.25, -0.2) is 9.59 Å². The van der Waals surface area contributed by atoms with E-state index in [1.165, 1.54) is 32.4 Å². The minimum absolute atomic E-state index is 0.0319. The van der Waals surface area contributed by atoms with Gasteiger partial charge in [0.1, 0.15) is 6.04 Å². The van der Waals surface area contributed by atoms with Crippen LogP contribution in [0.2, 0.25) is 5.02 Å². The SMILES string of the molecule is COC(=O)c1ccc(C(=O)OC)c(NC(=O)C[NH2+][C@H](C)c2ccc(Cl)cc2)c1. The van der Waals surface area contributed by atoms with Gasteiger partial charge in [-0.3, -0.25) is 4.79 Å². The number of hydrogen-bond acceptors (Lipinski definition) is 5. The van der Waals surface area contributed by atoms with Crippen molar-refractivity contribution in [1.82, 2.24) is 0 Å². The lowest BCUT2D eigenvalue weighted by molar-refractivity contribution is -0.682. The van der Waals surface area contributed by atoms with Crippen molar-refractivity contribution in [3.8, 4) is 0 Å². The summed E-state index contributed by atoms with van der Waals surface area (Å²) >= 11 is 5.89. The van der Waals surface area contributed by atoms with Gasteiger partial charge < -0.3 is 20.1 Å². The van der Waals surface area contributed by atoms with Crippen LogP contribution < -0.4 is 10.6 Å². The molecule has 2 aromatic carbocycles. The Hall–Kier alpha value is -2.90. The molecule has 7 nitrogen and oxygen atoms in total. The van der Waals surface area contributed by atoms with Crippen molar-refractivity contribution in [1.29, 1.82) is 0 Å². The Morgan fingerprint density at radius 3 is 2.29 bits per heavy atom. The summed E-state index contributed by atoms with van der Waals surface area (Å²) in [5, 5.41) is 5.16. The summed E-state index contributed by atoms with van der Waals surface area (Å²) in [4.78, 5) is 36.1. The highest BCUT2D eigenvalue weighted by molar-refractivity contribution is 6.30. The number of benzene rings is 2. The number of carbonyl (C=O) groups is 3. The minimum Gasteiger partial charge on any atom is -0.465 e. The number of esters is 2. The molecule has 0 bridgehead atoms. The smallest absolute Gasteiger partial charge is 0.339 e. The lowest BCUT2D eigenvalue weighted by Crippen LogP contribution is -2.86. The molecule has 0 heterocycles. The Balaban J connectivity index is 2.09. The van der Waals surface area contributed by atoms with Crippen molar-refractivity contribution in [3.63, 3.8) is 0 Å². The second-order valence-electron chi connectivity index (χ2n) is 6.07. The number of methoxy groups -OCH3 is 2. The first-order chi connectivity index (χ1) is 13.3. The summed E-state index contributed by atoms with van der Waals surface area (Å²) in [5.41, 5.74) is 1.57. The van der Waals surface area contributed by atoms with Gasteiger partial charge in [0.15, 0.2) is 6.54 Å². The Kier molecular flexibility index (Phi) is 7.54. The van der Waals surface area contributed by atoms with E-state index in [2.05, 4.69) is 10.1 Å². The van der Waals surface area contributed by atoms with Crippen LogP contribution >= 0.6 is 11.6 Å². The quantitative estimate of drug-likeness (QED) is 0.688. The third-order valence-corrected chi connectivity index (χ3v) is 4.42. The van der Waals surface area contributed by atoms with E-state index >= 15 is 0 Å². The number of quaternary nitrogens is 1. The molecule has 0 aliphatic carbocycles. The maximum atomic E-state index is 12.4. The second kappa shape index (κ2) is 9.87. The van der Waals surface area contributed by atoms with Gasteiger partial charge in [0, 0.05) is 10.6 Å². The molecule has 0 saturated heterocycles. The molecule has 0 saturated carbocycles. The number of halogens is 1. The van der Waals surface area contributed by atoms with Crippen molar-refractivity contribution in [2.75, 3.05) is 26.1 Å². The Bertz CT molecular complexity index is 867. The van der Waals surface area contributed by atoms with Crippen LogP contribution in [0.4, 0.5) is 5.69 Å². The molecule has 0 aliphatic rings. The molecule has 0 fully saturated rings. The fourth-order valence-corrected chi connectivity index (χ4v) is 2.69. The molecule has 148 valence electrons. The van der Waals surface area contributed by atoms with Crippen molar-refractivity contribution in [3.05, 3.63) is 64.2 Å². The zero-order valence-electron chi connectivity index (χ0n) is 15.8. The van der Waals surface area contributed by atoms with Crippen LogP contribution in [0.3, 0.4) is 0 Å².